The summed E-state index contributed by atoms with van der Waals surface area (Å²) >= 11 is 6.00. The van der Waals surface area contributed by atoms with Gasteiger partial charge >= 0.3 is 0 Å². The van der Waals surface area contributed by atoms with Crippen molar-refractivity contribution in [1.29, 1.82) is 5.26 Å². The summed E-state index contributed by atoms with van der Waals surface area (Å²) in [6, 6.07) is 11.3. The minimum atomic E-state index is -0.459. The fourth-order valence-electron chi connectivity index (χ4n) is 2.09. The highest BCUT2D eigenvalue weighted by Gasteiger charge is 2.12. The van der Waals surface area contributed by atoms with E-state index in [-0.39, 0.29) is 36.1 Å². The maximum atomic E-state index is 13.9. The number of carbonyl (C=O) groups excluding carboxylic acids is 1. The second-order valence-corrected chi connectivity index (χ2v) is 5.48. The maximum Gasteiger partial charge on any atom is 0.234 e. The zero-order chi connectivity index (χ0) is 18.2. The van der Waals surface area contributed by atoms with Crippen molar-refractivity contribution in [2.24, 2.45) is 0 Å². The van der Waals surface area contributed by atoms with Crippen LogP contribution in [0.15, 0.2) is 36.4 Å². The van der Waals surface area contributed by atoms with Gasteiger partial charge in [0.25, 0.3) is 0 Å². The van der Waals surface area contributed by atoms with Crippen LogP contribution in [-0.2, 0) is 17.9 Å². The highest BCUT2D eigenvalue weighted by Crippen LogP contribution is 2.27. The zero-order valence-electron chi connectivity index (χ0n) is 13.5. The Morgan fingerprint density at radius 1 is 1.36 bits per heavy atom. The molecule has 1 N–H and O–H groups in total. The molecule has 1 amide bonds. The molecule has 2 rings (SSSR count). The van der Waals surface area contributed by atoms with Crippen LogP contribution in [0.2, 0.25) is 5.02 Å². The Hall–Kier alpha value is -2.78. The first-order valence-electron chi connectivity index (χ1n) is 7.41. The number of ether oxygens (including phenoxy) is 2. The lowest BCUT2D eigenvalue weighted by Crippen LogP contribution is -2.22. The zero-order valence-corrected chi connectivity index (χ0v) is 14.3. The molecule has 2 aromatic rings. The third-order valence-electron chi connectivity index (χ3n) is 3.42. The summed E-state index contributed by atoms with van der Waals surface area (Å²) < 4.78 is 24.7. The largest absolute Gasteiger partial charge is 0.497 e. The number of methoxy groups -OCH3 is 1. The lowest BCUT2D eigenvalue weighted by Gasteiger charge is -2.14. The number of rotatable bonds is 7. The summed E-state index contributed by atoms with van der Waals surface area (Å²) in [6.07, 6.45) is -0.225. The number of hydrogen-bond donors (Lipinski definition) is 1. The van der Waals surface area contributed by atoms with E-state index in [9.17, 15) is 9.18 Å². The SMILES string of the molecule is COc1ccc(CNC(=O)CC#N)c(OCc2c(F)cccc2Cl)c1. The van der Waals surface area contributed by atoms with Crippen LogP contribution in [0.4, 0.5) is 4.39 Å². The Kier molecular flexibility index (Phi) is 6.61. The molecule has 0 aliphatic carbocycles. The molecule has 0 aromatic heterocycles. The minimum Gasteiger partial charge on any atom is -0.497 e. The van der Waals surface area contributed by atoms with Crippen LogP contribution >= 0.6 is 11.6 Å². The van der Waals surface area contributed by atoms with Gasteiger partial charge in [0.15, 0.2) is 0 Å². The monoisotopic (exact) mass is 362 g/mol. The van der Waals surface area contributed by atoms with Gasteiger partial charge < -0.3 is 14.8 Å². The second-order valence-electron chi connectivity index (χ2n) is 5.07. The number of nitrogens with zero attached hydrogens (tertiary/aromatic N) is 1. The van der Waals surface area contributed by atoms with Crippen LogP contribution in [0.25, 0.3) is 0 Å². The van der Waals surface area contributed by atoms with Crippen LogP contribution in [-0.4, -0.2) is 13.0 Å². The van der Waals surface area contributed by atoms with Gasteiger partial charge in [-0.3, -0.25) is 4.79 Å². The van der Waals surface area contributed by atoms with Gasteiger partial charge in [0.1, 0.15) is 30.3 Å². The Bertz CT molecular complexity index is 785. The van der Waals surface area contributed by atoms with Crippen molar-refractivity contribution in [2.75, 3.05) is 7.11 Å². The van der Waals surface area contributed by atoms with Crippen molar-refractivity contribution >= 4 is 17.5 Å². The summed E-state index contributed by atoms with van der Waals surface area (Å²) in [5.74, 6) is 0.137. The number of benzene rings is 2. The van der Waals surface area contributed by atoms with Gasteiger partial charge in [-0.25, -0.2) is 4.39 Å². The first kappa shape index (κ1) is 18.6. The smallest absolute Gasteiger partial charge is 0.234 e. The van der Waals surface area contributed by atoms with Crippen molar-refractivity contribution < 1.29 is 18.7 Å². The summed E-state index contributed by atoms with van der Waals surface area (Å²) in [5.41, 5.74) is 0.908. The first-order valence-corrected chi connectivity index (χ1v) is 7.79. The lowest BCUT2D eigenvalue weighted by molar-refractivity contribution is -0.120. The normalized spacial score (nSPS) is 10.0. The van der Waals surface area contributed by atoms with Crippen molar-refractivity contribution in [3.63, 3.8) is 0 Å². The molecule has 7 heteroatoms. The van der Waals surface area contributed by atoms with Crippen LogP contribution in [0.1, 0.15) is 17.5 Å². The molecule has 0 atom stereocenters. The van der Waals surface area contributed by atoms with Crippen LogP contribution in [0.5, 0.6) is 11.5 Å². The van der Waals surface area contributed by atoms with E-state index in [0.717, 1.165) is 0 Å². The Morgan fingerprint density at radius 2 is 2.16 bits per heavy atom. The molecule has 0 spiro atoms. The van der Waals surface area contributed by atoms with Gasteiger partial charge in [-0.1, -0.05) is 17.7 Å². The van der Waals surface area contributed by atoms with Crippen molar-refractivity contribution in [3.05, 3.63) is 58.4 Å². The molecule has 0 unspecified atom stereocenters. The Balaban J connectivity index is 2.17. The third-order valence-corrected chi connectivity index (χ3v) is 3.78. The van der Waals surface area contributed by atoms with E-state index in [1.807, 2.05) is 0 Å². The number of amides is 1. The highest BCUT2D eigenvalue weighted by atomic mass is 35.5. The van der Waals surface area contributed by atoms with E-state index in [4.69, 9.17) is 26.3 Å². The second kappa shape index (κ2) is 8.90. The highest BCUT2D eigenvalue weighted by molar-refractivity contribution is 6.31. The lowest BCUT2D eigenvalue weighted by atomic mass is 10.1. The maximum absolute atomic E-state index is 13.9. The van der Waals surface area contributed by atoms with Crippen molar-refractivity contribution in [1.82, 2.24) is 5.32 Å². The topological polar surface area (TPSA) is 71.3 Å². The molecule has 2 aromatic carbocycles. The van der Waals surface area contributed by atoms with E-state index in [2.05, 4.69) is 5.32 Å². The summed E-state index contributed by atoms with van der Waals surface area (Å²) in [5, 5.41) is 11.4. The molecule has 130 valence electrons. The van der Waals surface area contributed by atoms with Gasteiger partial charge in [-0.2, -0.15) is 5.26 Å². The average Bonchev–Trinajstić information content (AvgIpc) is 2.60. The van der Waals surface area contributed by atoms with Crippen molar-refractivity contribution in [3.8, 4) is 17.6 Å². The predicted molar refractivity (Wildman–Crippen MR) is 90.8 cm³/mol. The van der Waals surface area contributed by atoms with Crippen molar-refractivity contribution in [2.45, 2.75) is 19.6 Å². The third kappa shape index (κ3) is 5.10. The summed E-state index contributed by atoms with van der Waals surface area (Å²) in [4.78, 5) is 11.5. The Morgan fingerprint density at radius 3 is 2.84 bits per heavy atom. The van der Waals surface area contributed by atoms with Crippen LogP contribution in [0, 0.1) is 17.1 Å². The molecule has 0 bridgehead atoms. The van der Waals surface area contributed by atoms with Gasteiger partial charge in [0.2, 0.25) is 5.91 Å². The quantitative estimate of drug-likeness (QED) is 0.817. The van der Waals surface area contributed by atoms with E-state index in [1.165, 1.54) is 19.2 Å². The number of nitrogens with one attached hydrogen (secondary N) is 1. The van der Waals surface area contributed by atoms with E-state index in [0.29, 0.717) is 17.1 Å². The molecular formula is C18H16ClFN2O3. The molecule has 25 heavy (non-hydrogen) atoms. The number of hydrogen-bond acceptors (Lipinski definition) is 4. The minimum absolute atomic E-state index is 0.0716. The van der Waals surface area contributed by atoms with Gasteiger partial charge in [0, 0.05) is 23.7 Å². The van der Waals surface area contributed by atoms with Crippen LogP contribution in [0.3, 0.4) is 0 Å². The van der Waals surface area contributed by atoms with Gasteiger partial charge in [-0.05, 0) is 24.3 Å². The predicted octanol–water partition coefficient (Wildman–Crippen LogP) is 3.60. The molecule has 5 nitrogen and oxygen atoms in total. The Labute approximate surface area is 149 Å². The van der Waals surface area contributed by atoms with E-state index < -0.39 is 5.82 Å². The average molecular weight is 363 g/mol. The first-order chi connectivity index (χ1) is 12.0. The van der Waals surface area contributed by atoms with Gasteiger partial charge in [-0.15, -0.1) is 0 Å². The van der Waals surface area contributed by atoms with E-state index >= 15 is 0 Å². The molecular weight excluding hydrogens is 347 g/mol. The van der Waals surface area contributed by atoms with Crippen LogP contribution < -0.4 is 14.8 Å². The molecule has 0 fully saturated rings. The number of carbonyl (C=O) groups is 1. The van der Waals surface area contributed by atoms with Gasteiger partial charge in [0.05, 0.1) is 18.2 Å². The summed E-state index contributed by atoms with van der Waals surface area (Å²) in [6.45, 7) is 0.0999. The van der Waals surface area contributed by atoms with E-state index in [1.54, 1.807) is 30.3 Å². The molecule has 0 heterocycles. The number of halogens is 2. The molecule has 0 saturated heterocycles. The molecule has 0 aliphatic heterocycles. The molecule has 0 aliphatic rings. The standard InChI is InChI=1S/C18H16ClFN2O3/c1-24-13-6-5-12(10-22-18(23)7-8-21)17(9-13)25-11-14-15(19)3-2-4-16(14)20/h2-6,9H,7,10-11H2,1H3,(H,22,23). The summed E-state index contributed by atoms with van der Waals surface area (Å²) in [7, 11) is 1.52. The number of nitriles is 1. The molecule has 0 radical (unpaired) electrons. The fourth-order valence-corrected chi connectivity index (χ4v) is 2.31. The fraction of sp³-hybridized carbons (Fsp3) is 0.222. The molecule has 0 saturated carbocycles.